The molecule has 2 aliphatic heterocycles. The van der Waals surface area contributed by atoms with Gasteiger partial charge in [-0.05, 0) is 93.8 Å². The van der Waals surface area contributed by atoms with E-state index in [1.807, 2.05) is 64.3 Å². The molecule has 4 heterocycles. The van der Waals surface area contributed by atoms with Gasteiger partial charge in [0.1, 0.15) is 35.2 Å². The van der Waals surface area contributed by atoms with E-state index in [1.54, 1.807) is 6.07 Å². The van der Waals surface area contributed by atoms with Crippen LogP contribution < -0.4 is 14.8 Å². The first-order valence-corrected chi connectivity index (χ1v) is 18.7. The number of benzene rings is 4. The summed E-state index contributed by atoms with van der Waals surface area (Å²) in [6.45, 7) is 0.293. The summed E-state index contributed by atoms with van der Waals surface area (Å²) < 4.78 is 81.3. The second-order valence-electron chi connectivity index (χ2n) is 14.7. The summed E-state index contributed by atoms with van der Waals surface area (Å²) in [6.07, 6.45) is 1.49. The van der Waals surface area contributed by atoms with Gasteiger partial charge in [-0.15, -0.1) is 0 Å². The van der Waals surface area contributed by atoms with E-state index in [1.165, 1.54) is 18.2 Å². The van der Waals surface area contributed by atoms with Crippen molar-refractivity contribution in [3.05, 3.63) is 82.9 Å². The summed E-state index contributed by atoms with van der Waals surface area (Å²) in [5.74, 6) is 0.0140. The van der Waals surface area contributed by atoms with Crippen LogP contribution in [0, 0.1) is 13.8 Å². The van der Waals surface area contributed by atoms with Gasteiger partial charge < -0.3 is 33.3 Å². The van der Waals surface area contributed by atoms with E-state index in [0.29, 0.717) is 64.7 Å². The van der Waals surface area contributed by atoms with Gasteiger partial charge in [-0.3, -0.25) is 9.69 Å². The number of likely N-dealkylation sites (N-methyl/N-ethyl adjacent to an activating group) is 1. The van der Waals surface area contributed by atoms with Crippen molar-refractivity contribution in [3.8, 4) is 45.5 Å². The van der Waals surface area contributed by atoms with Crippen LogP contribution in [0.3, 0.4) is 0 Å². The van der Waals surface area contributed by atoms with Crippen molar-refractivity contribution in [1.29, 1.82) is 0 Å². The highest BCUT2D eigenvalue weighted by atomic mass is 19.3. The number of aromatic nitrogens is 2. The molecule has 298 valence electrons. The number of fused-ring (bicyclic) bond motifs is 2. The minimum absolute atomic E-state index is 0.0555. The smallest absolute Gasteiger partial charge is 0.387 e. The number of rotatable bonds is 13. The van der Waals surface area contributed by atoms with E-state index in [-0.39, 0.29) is 35.1 Å². The van der Waals surface area contributed by atoms with Crippen LogP contribution in [0.25, 0.3) is 56.2 Å². The molecule has 15 heteroatoms. The van der Waals surface area contributed by atoms with Crippen molar-refractivity contribution in [2.75, 3.05) is 33.7 Å². The Morgan fingerprint density at radius 3 is 1.86 bits per heavy atom. The number of carbonyl (C=O) groups is 1. The number of nitrogens with zero attached hydrogens (tertiary/aromatic N) is 4. The Morgan fingerprint density at radius 2 is 1.35 bits per heavy atom. The van der Waals surface area contributed by atoms with E-state index < -0.39 is 25.2 Å². The Kier molecular flexibility index (Phi) is 10.6. The van der Waals surface area contributed by atoms with Crippen LogP contribution in [-0.2, 0) is 22.7 Å². The van der Waals surface area contributed by atoms with E-state index in [2.05, 4.69) is 15.1 Å². The number of halogens is 4. The van der Waals surface area contributed by atoms with Crippen molar-refractivity contribution in [3.63, 3.8) is 0 Å². The maximum atomic E-state index is 13.5. The van der Waals surface area contributed by atoms with Crippen LogP contribution in [0.2, 0.25) is 0 Å². The Morgan fingerprint density at radius 1 is 0.825 bits per heavy atom. The fourth-order valence-corrected chi connectivity index (χ4v) is 7.57. The Bertz CT molecular complexity index is 2440. The molecular weight excluding hydrogens is 746 g/mol. The van der Waals surface area contributed by atoms with Crippen molar-refractivity contribution < 1.29 is 45.4 Å². The summed E-state index contributed by atoms with van der Waals surface area (Å²) in [7, 11) is 4.04. The fourth-order valence-electron chi connectivity index (χ4n) is 7.57. The van der Waals surface area contributed by atoms with Gasteiger partial charge in [0.15, 0.2) is 11.2 Å². The van der Waals surface area contributed by atoms with Crippen molar-refractivity contribution in [2.24, 2.45) is 0 Å². The molecule has 0 aliphatic carbocycles. The van der Waals surface area contributed by atoms with Crippen LogP contribution in [0.1, 0.15) is 35.1 Å². The highest BCUT2D eigenvalue weighted by Gasteiger charge is 2.30. The third kappa shape index (κ3) is 7.91. The second kappa shape index (κ2) is 15.8. The van der Waals surface area contributed by atoms with Crippen molar-refractivity contribution in [2.45, 2.75) is 65.1 Å². The molecule has 0 spiro atoms. The van der Waals surface area contributed by atoms with Crippen molar-refractivity contribution in [1.82, 2.24) is 25.1 Å². The third-order valence-electron chi connectivity index (χ3n) is 10.8. The predicted octanol–water partition coefficient (Wildman–Crippen LogP) is 8.33. The molecule has 11 nitrogen and oxygen atoms in total. The zero-order valence-electron chi connectivity index (χ0n) is 31.8. The van der Waals surface area contributed by atoms with Gasteiger partial charge in [0, 0.05) is 60.1 Å². The van der Waals surface area contributed by atoms with Crippen LogP contribution >= 0.6 is 0 Å². The maximum Gasteiger partial charge on any atom is 0.387 e. The fraction of sp³-hybridized carbons (Fsp3) is 0.357. The lowest BCUT2D eigenvalue weighted by Gasteiger charge is -2.43. The lowest BCUT2D eigenvalue weighted by atomic mass is 9.91. The molecule has 0 bridgehead atoms. The average Bonchev–Trinajstić information content (AvgIpc) is 3.92. The van der Waals surface area contributed by atoms with Gasteiger partial charge in [-0.25, -0.2) is 9.97 Å². The minimum atomic E-state index is -3.11. The molecule has 57 heavy (non-hydrogen) atoms. The van der Waals surface area contributed by atoms with Crippen LogP contribution in [0.5, 0.6) is 11.5 Å². The number of likely N-dealkylation sites (tertiary alicyclic amines) is 1. The maximum absolute atomic E-state index is 13.5. The second-order valence-corrected chi connectivity index (χ2v) is 14.7. The van der Waals surface area contributed by atoms with Crippen molar-refractivity contribution >= 4 is 28.2 Å². The normalized spacial score (nSPS) is 16.4. The molecular formula is C42H41F4N5O6. The summed E-state index contributed by atoms with van der Waals surface area (Å²) in [5.41, 5.74) is 7.14. The van der Waals surface area contributed by atoms with E-state index in [9.17, 15) is 22.4 Å². The Labute approximate surface area is 325 Å². The number of esters is 1. The minimum Gasteiger partial charge on any atom is -0.460 e. The lowest BCUT2D eigenvalue weighted by molar-refractivity contribution is -0.147. The predicted molar refractivity (Wildman–Crippen MR) is 204 cm³/mol. The van der Waals surface area contributed by atoms with Gasteiger partial charge in [0.2, 0.25) is 11.8 Å². The zero-order chi connectivity index (χ0) is 40.0. The molecule has 6 aromatic rings. The van der Waals surface area contributed by atoms with E-state index in [4.69, 9.17) is 33.0 Å². The quantitative estimate of drug-likeness (QED) is 0.0900. The molecule has 4 aromatic carbocycles. The molecule has 1 atom stereocenters. The van der Waals surface area contributed by atoms with Gasteiger partial charge in [0.05, 0.1) is 0 Å². The first-order chi connectivity index (χ1) is 27.4. The molecule has 1 N–H and O–H groups in total. The van der Waals surface area contributed by atoms with Gasteiger partial charge in [0.25, 0.3) is 0 Å². The SMILES string of the molecule is Cc1c(-c2nc3cc(COC(=O)[C@@H]4CCCN4)c(OC(F)F)cc3o2)cccc1-c1cccc(-c2nc3cc(CN4CC(N(C)C)C4)c(OC(F)F)cc3o2)c1C. The average molecular weight is 788 g/mol. The first-order valence-electron chi connectivity index (χ1n) is 18.7. The topological polar surface area (TPSA) is 115 Å². The molecule has 2 aromatic heterocycles. The van der Waals surface area contributed by atoms with Gasteiger partial charge in [-0.1, -0.05) is 24.3 Å². The highest BCUT2D eigenvalue weighted by Crippen LogP contribution is 2.40. The molecule has 2 fully saturated rings. The monoisotopic (exact) mass is 787 g/mol. The molecule has 0 saturated carbocycles. The Hall–Kier alpha value is -5.51. The number of hydrogen-bond acceptors (Lipinski definition) is 11. The van der Waals surface area contributed by atoms with Gasteiger partial charge >= 0.3 is 19.2 Å². The molecule has 8 rings (SSSR count). The Balaban J connectivity index is 1.09. The highest BCUT2D eigenvalue weighted by molar-refractivity contribution is 5.85. The number of ether oxygens (including phenoxy) is 3. The number of alkyl halides is 4. The number of hydrogen-bond donors (Lipinski definition) is 1. The summed E-state index contributed by atoms with van der Waals surface area (Å²) in [6, 6.07) is 17.5. The lowest BCUT2D eigenvalue weighted by Crippen LogP contribution is -2.56. The van der Waals surface area contributed by atoms with E-state index >= 15 is 0 Å². The first kappa shape index (κ1) is 38.4. The number of nitrogens with one attached hydrogen (secondary N) is 1. The summed E-state index contributed by atoms with van der Waals surface area (Å²) in [5, 5.41) is 3.06. The number of carbonyl (C=O) groups excluding carboxylic acids is 1. The van der Waals surface area contributed by atoms with Crippen LogP contribution in [0.4, 0.5) is 17.6 Å². The van der Waals surface area contributed by atoms with Crippen LogP contribution in [0.15, 0.2) is 69.5 Å². The largest absolute Gasteiger partial charge is 0.460 e. The molecule has 2 saturated heterocycles. The van der Waals surface area contributed by atoms with Crippen LogP contribution in [-0.4, -0.2) is 84.8 Å². The molecule has 0 unspecified atom stereocenters. The van der Waals surface area contributed by atoms with E-state index in [0.717, 1.165) is 41.8 Å². The standard InChI is InChI=1S/C42H41F4N5O6/c1-22-27(8-5-10-29(22)38-48-32-14-24(18-51-19-26(20-51)50(3)4)34(56-41(43)44)16-36(32)54-38)28-9-6-11-30(23(28)2)39-49-33-15-25(21-53-40(52)31-12-7-13-47-31)35(57-42(45)46)17-37(33)55-39/h5-6,8-11,14-17,26,31,41-42,47H,7,12-13,18-21H2,1-4H3/t31-/m0/s1. The zero-order valence-corrected chi connectivity index (χ0v) is 31.8. The summed E-state index contributed by atoms with van der Waals surface area (Å²) in [4.78, 5) is 26.3. The van der Waals surface area contributed by atoms with Gasteiger partial charge in [-0.2, -0.15) is 17.6 Å². The molecule has 0 radical (unpaired) electrons. The third-order valence-corrected chi connectivity index (χ3v) is 10.8. The molecule has 0 amide bonds. The number of oxazole rings is 2. The summed E-state index contributed by atoms with van der Waals surface area (Å²) >= 11 is 0. The molecule has 2 aliphatic rings.